The van der Waals surface area contributed by atoms with Crippen LogP contribution in [0.15, 0.2) is 23.1 Å². The van der Waals surface area contributed by atoms with Gasteiger partial charge < -0.3 is 10.5 Å². The molecule has 6 heteroatoms. The zero-order valence-electron chi connectivity index (χ0n) is 12.9. The lowest BCUT2D eigenvalue weighted by Gasteiger charge is -2.36. The van der Waals surface area contributed by atoms with Crippen LogP contribution >= 0.6 is 0 Å². The minimum atomic E-state index is -3.50. The smallest absolute Gasteiger partial charge is 0.243 e. The Morgan fingerprint density at radius 1 is 1.43 bits per heavy atom. The highest BCUT2D eigenvalue weighted by molar-refractivity contribution is 7.89. The Kier molecular flexibility index (Phi) is 4.91. The van der Waals surface area contributed by atoms with E-state index in [1.54, 1.807) is 29.6 Å². The van der Waals surface area contributed by atoms with Gasteiger partial charge in [0.2, 0.25) is 10.0 Å². The van der Waals surface area contributed by atoms with Crippen molar-refractivity contribution in [1.82, 2.24) is 4.31 Å². The van der Waals surface area contributed by atoms with Gasteiger partial charge in [-0.15, -0.1) is 0 Å². The van der Waals surface area contributed by atoms with Crippen LogP contribution in [-0.4, -0.2) is 39.0 Å². The van der Waals surface area contributed by atoms with Gasteiger partial charge >= 0.3 is 0 Å². The lowest BCUT2D eigenvalue weighted by atomic mass is 9.94. The van der Waals surface area contributed by atoms with Crippen LogP contribution in [-0.2, 0) is 10.0 Å². The molecular weight excluding hydrogens is 288 g/mol. The van der Waals surface area contributed by atoms with Gasteiger partial charge in [-0.1, -0.05) is 6.92 Å². The number of aryl methyl sites for hydroxylation is 1. The Hall–Kier alpha value is -1.11. The van der Waals surface area contributed by atoms with Crippen LogP contribution in [0.3, 0.4) is 0 Å². The van der Waals surface area contributed by atoms with E-state index in [0.29, 0.717) is 29.7 Å². The molecule has 0 radical (unpaired) electrons. The lowest BCUT2D eigenvalue weighted by Crippen LogP contribution is -2.49. The van der Waals surface area contributed by atoms with Crippen molar-refractivity contribution in [2.45, 2.75) is 37.6 Å². The van der Waals surface area contributed by atoms with E-state index in [9.17, 15) is 8.42 Å². The van der Waals surface area contributed by atoms with Gasteiger partial charge in [-0.2, -0.15) is 4.31 Å². The second-order valence-electron chi connectivity index (χ2n) is 5.77. The van der Waals surface area contributed by atoms with Crippen LogP contribution in [0.25, 0.3) is 0 Å². The first-order valence-corrected chi connectivity index (χ1v) is 8.70. The highest BCUT2D eigenvalue weighted by Crippen LogP contribution is 2.29. The second kappa shape index (κ2) is 6.34. The van der Waals surface area contributed by atoms with Crippen molar-refractivity contribution in [1.29, 1.82) is 0 Å². The Morgan fingerprint density at radius 2 is 2.14 bits per heavy atom. The van der Waals surface area contributed by atoms with Gasteiger partial charge in [0.25, 0.3) is 0 Å². The monoisotopic (exact) mass is 312 g/mol. The number of piperidine rings is 1. The number of sulfonamides is 1. The van der Waals surface area contributed by atoms with Crippen LogP contribution in [0.1, 0.15) is 25.3 Å². The van der Waals surface area contributed by atoms with Gasteiger partial charge in [0.1, 0.15) is 5.75 Å². The van der Waals surface area contributed by atoms with E-state index in [1.165, 1.54) is 0 Å². The molecule has 1 aliphatic rings. The Bertz CT molecular complexity index is 601. The second-order valence-corrected chi connectivity index (χ2v) is 7.66. The number of hydrogen-bond donors (Lipinski definition) is 1. The third kappa shape index (κ3) is 3.22. The SMILES string of the molecule is COc1ccc(S(=O)(=O)N2CCC(C)CC2CN)cc1C. The fourth-order valence-corrected chi connectivity index (χ4v) is 4.65. The third-order valence-electron chi connectivity index (χ3n) is 4.17. The summed E-state index contributed by atoms with van der Waals surface area (Å²) in [6, 6.07) is 4.86. The van der Waals surface area contributed by atoms with E-state index in [4.69, 9.17) is 10.5 Å². The van der Waals surface area contributed by atoms with Crippen molar-refractivity contribution in [3.05, 3.63) is 23.8 Å². The summed E-state index contributed by atoms with van der Waals surface area (Å²) in [4.78, 5) is 0.314. The molecule has 1 aliphatic heterocycles. The van der Waals surface area contributed by atoms with Crippen LogP contribution in [0.4, 0.5) is 0 Å². The molecule has 0 aliphatic carbocycles. The fourth-order valence-electron chi connectivity index (χ4n) is 2.91. The molecule has 2 rings (SSSR count). The summed E-state index contributed by atoms with van der Waals surface area (Å²) in [5.74, 6) is 1.21. The number of methoxy groups -OCH3 is 1. The molecule has 2 N–H and O–H groups in total. The normalized spacial score (nSPS) is 24.0. The summed E-state index contributed by atoms with van der Waals surface area (Å²) in [5.41, 5.74) is 6.59. The van der Waals surface area contributed by atoms with Gasteiger partial charge in [0, 0.05) is 19.1 Å². The number of ether oxygens (including phenoxy) is 1. The molecule has 0 aromatic heterocycles. The van der Waals surface area contributed by atoms with Crippen molar-refractivity contribution >= 4 is 10.0 Å². The summed E-state index contributed by atoms with van der Waals surface area (Å²) in [6.07, 6.45) is 1.70. The molecule has 1 saturated heterocycles. The van der Waals surface area contributed by atoms with Crippen molar-refractivity contribution in [2.24, 2.45) is 11.7 Å². The van der Waals surface area contributed by atoms with E-state index in [0.717, 1.165) is 18.4 Å². The molecule has 1 fully saturated rings. The number of hydrogen-bond acceptors (Lipinski definition) is 4. The van der Waals surface area contributed by atoms with E-state index >= 15 is 0 Å². The highest BCUT2D eigenvalue weighted by Gasteiger charge is 2.35. The maximum Gasteiger partial charge on any atom is 0.243 e. The first-order chi connectivity index (χ1) is 9.90. The topological polar surface area (TPSA) is 72.6 Å². The molecule has 1 heterocycles. The fraction of sp³-hybridized carbons (Fsp3) is 0.600. The summed E-state index contributed by atoms with van der Waals surface area (Å²) in [5, 5.41) is 0. The van der Waals surface area contributed by atoms with Crippen molar-refractivity contribution in [3.8, 4) is 5.75 Å². The maximum atomic E-state index is 12.8. The lowest BCUT2D eigenvalue weighted by molar-refractivity contribution is 0.211. The predicted molar refractivity (Wildman–Crippen MR) is 82.9 cm³/mol. The minimum absolute atomic E-state index is 0.110. The number of benzene rings is 1. The standard InChI is InChI=1S/C15H24N2O3S/c1-11-6-7-17(13(8-11)10-16)21(18,19)14-4-5-15(20-3)12(2)9-14/h4-5,9,11,13H,6-8,10,16H2,1-3H3. The molecule has 5 nitrogen and oxygen atoms in total. The van der Waals surface area contributed by atoms with Gasteiger partial charge in [0.15, 0.2) is 0 Å². The van der Waals surface area contributed by atoms with E-state index in [2.05, 4.69) is 6.92 Å². The maximum absolute atomic E-state index is 12.8. The number of nitrogens with two attached hydrogens (primary N) is 1. The predicted octanol–water partition coefficient (Wildman–Crippen LogP) is 1.75. The van der Waals surface area contributed by atoms with Gasteiger partial charge in [-0.05, 0) is 49.4 Å². The zero-order chi connectivity index (χ0) is 15.6. The summed E-state index contributed by atoms with van der Waals surface area (Å²) >= 11 is 0. The minimum Gasteiger partial charge on any atom is -0.496 e. The van der Waals surface area contributed by atoms with Crippen molar-refractivity contribution in [3.63, 3.8) is 0 Å². The van der Waals surface area contributed by atoms with Crippen LogP contribution in [0.5, 0.6) is 5.75 Å². The van der Waals surface area contributed by atoms with Crippen LogP contribution in [0, 0.1) is 12.8 Å². The summed E-state index contributed by atoms with van der Waals surface area (Å²) in [7, 11) is -1.92. The third-order valence-corrected chi connectivity index (χ3v) is 6.12. The van der Waals surface area contributed by atoms with E-state index in [1.807, 2.05) is 6.92 Å². The Balaban J connectivity index is 2.34. The van der Waals surface area contributed by atoms with Crippen molar-refractivity contribution in [2.75, 3.05) is 20.2 Å². The highest BCUT2D eigenvalue weighted by atomic mass is 32.2. The molecule has 1 aromatic rings. The first kappa shape index (κ1) is 16.3. The van der Waals surface area contributed by atoms with Crippen LogP contribution in [0.2, 0.25) is 0 Å². The largest absolute Gasteiger partial charge is 0.496 e. The zero-order valence-corrected chi connectivity index (χ0v) is 13.7. The Labute approximate surface area is 127 Å². The molecular formula is C15H24N2O3S. The molecule has 2 unspecified atom stereocenters. The quantitative estimate of drug-likeness (QED) is 0.919. The molecule has 0 bridgehead atoms. The molecule has 118 valence electrons. The first-order valence-electron chi connectivity index (χ1n) is 7.26. The molecule has 2 atom stereocenters. The van der Waals surface area contributed by atoms with Crippen LogP contribution < -0.4 is 10.5 Å². The number of rotatable bonds is 4. The molecule has 0 saturated carbocycles. The number of nitrogens with zero attached hydrogens (tertiary/aromatic N) is 1. The average Bonchev–Trinajstić information content (AvgIpc) is 2.46. The van der Waals surface area contributed by atoms with E-state index in [-0.39, 0.29) is 6.04 Å². The average molecular weight is 312 g/mol. The molecule has 0 spiro atoms. The van der Waals surface area contributed by atoms with Gasteiger partial charge in [-0.3, -0.25) is 0 Å². The summed E-state index contributed by atoms with van der Waals surface area (Å²) in [6.45, 7) is 4.88. The Morgan fingerprint density at radius 3 is 2.71 bits per heavy atom. The van der Waals surface area contributed by atoms with Crippen molar-refractivity contribution < 1.29 is 13.2 Å². The molecule has 0 amide bonds. The molecule has 21 heavy (non-hydrogen) atoms. The van der Waals surface area contributed by atoms with E-state index < -0.39 is 10.0 Å². The van der Waals surface area contributed by atoms with Gasteiger partial charge in [0.05, 0.1) is 12.0 Å². The summed E-state index contributed by atoms with van der Waals surface area (Å²) < 4.78 is 32.4. The van der Waals surface area contributed by atoms with Gasteiger partial charge in [-0.25, -0.2) is 8.42 Å². The molecule has 1 aromatic carbocycles.